The molecule has 3 N–H and O–H groups in total. The van der Waals surface area contributed by atoms with Crippen LogP contribution in [-0.4, -0.2) is 70.9 Å². The third-order valence-corrected chi connectivity index (χ3v) is 12.0. The number of alkyl carbamates (subject to hydrolysis) is 1. The quantitative estimate of drug-likeness (QED) is 0.0868. The van der Waals surface area contributed by atoms with E-state index >= 15 is 0 Å². The molecule has 3 aliphatic rings. The van der Waals surface area contributed by atoms with Crippen LogP contribution in [0.25, 0.3) is 44.2 Å². The predicted molar refractivity (Wildman–Crippen MR) is 206 cm³/mol. The number of methoxy groups -OCH3 is 1. The van der Waals surface area contributed by atoms with Crippen molar-refractivity contribution in [3.63, 3.8) is 0 Å². The number of carbonyl (C=O) groups is 3. The lowest BCUT2D eigenvalue weighted by Gasteiger charge is -2.30. The summed E-state index contributed by atoms with van der Waals surface area (Å²) < 4.78 is 11.3. The Labute approximate surface area is 315 Å². The van der Waals surface area contributed by atoms with Gasteiger partial charge in [0.05, 0.1) is 46.2 Å². The van der Waals surface area contributed by atoms with Gasteiger partial charge in [-0.15, -0.1) is 0 Å². The van der Waals surface area contributed by atoms with E-state index in [1.165, 1.54) is 7.11 Å². The number of nitrogens with one attached hydrogen (secondary N) is 3. The third kappa shape index (κ3) is 5.96. The molecule has 5 atom stereocenters. The first-order valence-corrected chi connectivity index (χ1v) is 19.3. The van der Waals surface area contributed by atoms with E-state index in [0.717, 1.165) is 99.3 Å². The zero-order valence-corrected chi connectivity index (χ0v) is 31.8. The summed E-state index contributed by atoms with van der Waals surface area (Å²) in [5, 5.41) is 4.68. The number of likely N-dealkylation sites (tertiary alicyclic amines) is 2. The van der Waals surface area contributed by atoms with E-state index in [-0.39, 0.29) is 34.0 Å². The number of ether oxygens (including phenoxy) is 2. The highest BCUT2D eigenvalue weighted by atomic mass is 127. The van der Waals surface area contributed by atoms with Crippen molar-refractivity contribution in [1.29, 1.82) is 0 Å². The minimum Gasteiger partial charge on any atom is -0.488 e. The second-order valence-corrected chi connectivity index (χ2v) is 15.6. The molecule has 5 aromatic rings. The van der Waals surface area contributed by atoms with Crippen LogP contribution in [0.15, 0.2) is 48.7 Å². The van der Waals surface area contributed by atoms with Crippen LogP contribution in [0.1, 0.15) is 88.6 Å². The van der Waals surface area contributed by atoms with Crippen molar-refractivity contribution < 1.29 is 23.9 Å². The molecule has 2 saturated heterocycles. The fourth-order valence-electron chi connectivity index (χ4n) is 8.14. The van der Waals surface area contributed by atoms with Crippen molar-refractivity contribution in [2.75, 3.05) is 7.11 Å². The number of halogens is 1. The average molecular weight is 816 g/mol. The molecule has 5 heterocycles. The number of carbonyl (C=O) groups excluding carboxylic acids is 3. The number of imidazole rings is 2. The minimum atomic E-state index is -0.720. The second kappa shape index (κ2) is 13.7. The van der Waals surface area contributed by atoms with E-state index in [0.29, 0.717) is 13.0 Å². The predicted octanol–water partition coefficient (Wildman–Crippen LogP) is 7.69. The number of amides is 3. The van der Waals surface area contributed by atoms with E-state index < -0.39 is 12.1 Å². The van der Waals surface area contributed by atoms with Crippen molar-refractivity contribution >= 4 is 62.3 Å². The Bertz CT molecular complexity index is 2210. The van der Waals surface area contributed by atoms with E-state index in [9.17, 15) is 14.4 Å². The van der Waals surface area contributed by atoms with Gasteiger partial charge < -0.3 is 34.6 Å². The fraction of sp³-hybridized carbons (Fsp3) is 0.410. The smallest absolute Gasteiger partial charge is 0.407 e. The summed E-state index contributed by atoms with van der Waals surface area (Å²) in [5.41, 5.74) is 6.90. The first-order valence-electron chi connectivity index (χ1n) is 18.0. The maximum atomic E-state index is 13.4. The molecular formula is C39H42IN7O5. The van der Waals surface area contributed by atoms with Crippen LogP contribution in [0, 0.1) is 0 Å². The van der Waals surface area contributed by atoms with Gasteiger partial charge >= 0.3 is 6.09 Å². The summed E-state index contributed by atoms with van der Waals surface area (Å²) >= 11 is 2.39. The van der Waals surface area contributed by atoms with Crippen LogP contribution in [0.4, 0.5) is 4.79 Å². The number of hydrogen-bond acceptors (Lipinski definition) is 7. The summed E-state index contributed by atoms with van der Waals surface area (Å²) in [6, 6.07) is 13.9. The Morgan fingerprint density at radius 1 is 1.02 bits per heavy atom. The fourth-order valence-corrected chi connectivity index (χ4v) is 9.20. The molecule has 3 aromatic carbocycles. The molecule has 13 heteroatoms. The molecule has 3 amide bonds. The SMILES string of the molecule is CCCC(=O)N1C(c2nc3c(ccc4cc5c(cc43)OCc3cc(-c4cnc([C@@H]6CC[C@H](C)N6C(=O)[C@H](C)NC(=O)OC)[nH]4)ccc3-5)[nH]2)CC[C@@H]1I. The number of rotatable bonds is 7. The number of fused-ring (bicyclic) bond motifs is 6. The molecule has 0 bridgehead atoms. The Morgan fingerprint density at radius 2 is 1.83 bits per heavy atom. The van der Waals surface area contributed by atoms with Crippen LogP contribution in [-0.2, 0) is 20.9 Å². The zero-order valence-electron chi connectivity index (χ0n) is 29.7. The number of aromatic amines is 2. The third-order valence-electron chi connectivity index (χ3n) is 10.8. The molecule has 8 rings (SSSR count). The van der Waals surface area contributed by atoms with Crippen LogP contribution in [0.5, 0.6) is 5.75 Å². The summed E-state index contributed by atoms with van der Waals surface area (Å²) in [6.07, 6.45) is 6.03. The summed E-state index contributed by atoms with van der Waals surface area (Å²) in [4.78, 5) is 58.8. The summed E-state index contributed by atoms with van der Waals surface area (Å²) in [5.74, 6) is 2.40. The lowest BCUT2D eigenvalue weighted by atomic mass is 9.92. The summed E-state index contributed by atoms with van der Waals surface area (Å²) in [7, 11) is 1.28. The first kappa shape index (κ1) is 34.4. The van der Waals surface area contributed by atoms with Crippen molar-refractivity contribution in [2.24, 2.45) is 0 Å². The molecule has 3 aliphatic heterocycles. The number of nitrogens with zero attached hydrogens (tertiary/aromatic N) is 4. The van der Waals surface area contributed by atoms with Gasteiger partial charge in [-0.25, -0.2) is 14.8 Å². The number of H-pyrrole nitrogens is 2. The van der Waals surface area contributed by atoms with Gasteiger partial charge in [-0.1, -0.05) is 47.7 Å². The molecule has 2 fully saturated rings. The topological polar surface area (TPSA) is 146 Å². The molecule has 1 unspecified atom stereocenters. The van der Waals surface area contributed by atoms with E-state index in [1.807, 2.05) is 29.8 Å². The monoisotopic (exact) mass is 815 g/mol. The molecule has 0 saturated carbocycles. The van der Waals surface area contributed by atoms with Gasteiger partial charge in [0.1, 0.15) is 30.0 Å². The standard InChI is InChI=1S/C39H42IN7O5/c1-5-6-34(48)47-31(13-14-33(47)40)37-43-28-11-9-22-16-27-25-10-8-23(15-24(25)19-52-32(27)17-26(22)35(28)45-37)29-18-41-36(44-29)30-12-7-20(2)46(30)38(49)21(3)42-39(50)51-4/h8-11,15-18,20-21,30-31,33H,5-7,12-14,19H2,1-4H3,(H,41,44)(H,42,50)(H,43,45)/t20-,21-,30-,31?,33+/m0/s1. The van der Waals surface area contributed by atoms with Gasteiger partial charge in [0.25, 0.3) is 0 Å². The van der Waals surface area contributed by atoms with E-state index in [2.05, 4.69) is 85.1 Å². The van der Waals surface area contributed by atoms with E-state index in [1.54, 1.807) is 6.92 Å². The molecular weight excluding hydrogens is 773 g/mol. The Kier molecular flexibility index (Phi) is 9.08. The Hall–Kier alpha value is -4.66. The van der Waals surface area contributed by atoms with Crippen molar-refractivity contribution in [3.05, 3.63) is 65.9 Å². The Morgan fingerprint density at radius 3 is 2.63 bits per heavy atom. The van der Waals surface area contributed by atoms with Gasteiger partial charge in [0.2, 0.25) is 11.8 Å². The van der Waals surface area contributed by atoms with Crippen molar-refractivity contribution in [1.82, 2.24) is 35.1 Å². The number of aromatic nitrogens is 4. The lowest BCUT2D eigenvalue weighted by Crippen LogP contribution is -2.48. The van der Waals surface area contributed by atoms with Crippen molar-refractivity contribution in [3.8, 4) is 28.1 Å². The first-order chi connectivity index (χ1) is 25.1. The molecule has 270 valence electrons. The number of benzene rings is 3. The maximum absolute atomic E-state index is 13.4. The average Bonchev–Trinajstić information content (AvgIpc) is 3.96. The highest BCUT2D eigenvalue weighted by Crippen LogP contribution is 2.44. The van der Waals surface area contributed by atoms with Gasteiger partial charge in [-0.05, 0) is 92.3 Å². The van der Waals surface area contributed by atoms with Crippen LogP contribution >= 0.6 is 22.6 Å². The van der Waals surface area contributed by atoms with Crippen molar-refractivity contribution in [2.45, 2.75) is 94.1 Å². The van der Waals surface area contributed by atoms with Gasteiger partial charge in [-0.3, -0.25) is 9.59 Å². The molecule has 0 spiro atoms. The van der Waals surface area contributed by atoms with Gasteiger partial charge in [0.15, 0.2) is 0 Å². The largest absolute Gasteiger partial charge is 0.488 e. The number of alkyl halides is 1. The van der Waals surface area contributed by atoms with Crippen LogP contribution in [0.2, 0.25) is 0 Å². The number of hydrogen-bond donors (Lipinski definition) is 3. The summed E-state index contributed by atoms with van der Waals surface area (Å²) in [6.45, 7) is 6.15. The lowest BCUT2D eigenvalue weighted by molar-refractivity contribution is -0.136. The normalized spacial score (nSPS) is 21.6. The minimum absolute atomic E-state index is 0.0126. The Balaban J connectivity index is 1.06. The van der Waals surface area contributed by atoms with Gasteiger partial charge in [0, 0.05) is 23.4 Å². The maximum Gasteiger partial charge on any atom is 0.407 e. The van der Waals surface area contributed by atoms with Crippen LogP contribution < -0.4 is 10.1 Å². The molecule has 12 nitrogen and oxygen atoms in total. The molecule has 0 radical (unpaired) electrons. The highest BCUT2D eigenvalue weighted by Gasteiger charge is 2.40. The zero-order chi connectivity index (χ0) is 36.3. The second-order valence-electron chi connectivity index (χ2n) is 14.1. The highest BCUT2D eigenvalue weighted by molar-refractivity contribution is 14.1. The van der Waals surface area contributed by atoms with E-state index in [4.69, 9.17) is 14.7 Å². The molecule has 0 aliphatic carbocycles. The van der Waals surface area contributed by atoms with Gasteiger partial charge in [-0.2, -0.15) is 0 Å². The van der Waals surface area contributed by atoms with Crippen LogP contribution in [0.3, 0.4) is 0 Å². The molecule has 52 heavy (non-hydrogen) atoms. The molecule has 2 aromatic heterocycles.